The summed E-state index contributed by atoms with van der Waals surface area (Å²) in [6, 6.07) is 7.59. The van der Waals surface area contributed by atoms with E-state index in [1.165, 1.54) is 18.5 Å². The van der Waals surface area contributed by atoms with E-state index in [9.17, 15) is 9.50 Å². The zero-order valence-electron chi connectivity index (χ0n) is 11.7. The van der Waals surface area contributed by atoms with Crippen molar-refractivity contribution in [3.63, 3.8) is 0 Å². The van der Waals surface area contributed by atoms with Crippen molar-refractivity contribution >= 4 is 39.4 Å². The molecule has 0 aliphatic heterocycles. The molecular weight excluding hydrogens is 398 g/mol. The SMILES string of the molecule is CC(O)[C@@H](Nc1ncnc2[nH]c(I)cc12)c1ccc(F)cc1. The van der Waals surface area contributed by atoms with Gasteiger partial charge in [0.05, 0.1) is 21.2 Å². The minimum atomic E-state index is -0.673. The molecule has 2 atom stereocenters. The molecule has 0 aliphatic carbocycles. The third kappa shape index (κ3) is 3.05. The Balaban J connectivity index is 1.97. The van der Waals surface area contributed by atoms with Gasteiger partial charge in [-0.05, 0) is 53.3 Å². The van der Waals surface area contributed by atoms with E-state index in [1.54, 1.807) is 19.1 Å². The molecule has 0 amide bonds. The molecule has 0 radical (unpaired) electrons. The maximum Gasteiger partial charge on any atom is 0.143 e. The molecule has 2 heterocycles. The number of aromatic amines is 1. The summed E-state index contributed by atoms with van der Waals surface area (Å²) in [5, 5.41) is 14.1. The lowest BCUT2D eigenvalue weighted by atomic mass is 10.0. The summed E-state index contributed by atoms with van der Waals surface area (Å²) < 4.78 is 14.0. The number of fused-ring (bicyclic) bond motifs is 1. The number of nitrogens with zero attached hydrogens (tertiary/aromatic N) is 2. The molecule has 0 aliphatic rings. The maximum absolute atomic E-state index is 13.1. The Bertz CT molecular complexity index is 788. The van der Waals surface area contributed by atoms with Gasteiger partial charge in [-0.2, -0.15) is 0 Å². The summed E-state index contributed by atoms with van der Waals surface area (Å²) in [5.74, 6) is 0.317. The lowest BCUT2D eigenvalue weighted by Crippen LogP contribution is -2.23. The van der Waals surface area contributed by atoms with Gasteiger partial charge in [-0.3, -0.25) is 0 Å². The van der Waals surface area contributed by atoms with Crippen LogP contribution >= 0.6 is 22.6 Å². The number of benzene rings is 1. The third-order valence-corrected chi connectivity index (χ3v) is 3.98. The van der Waals surface area contributed by atoms with Crippen LogP contribution in [0.4, 0.5) is 10.2 Å². The van der Waals surface area contributed by atoms with Crippen LogP contribution in [0, 0.1) is 9.52 Å². The van der Waals surface area contributed by atoms with Gasteiger partial charge in [-0.15, -0.1) is 0 Å². The molecule has 114 valence electrons. The largest absolute Gasteiger partial charge is 0.391 e. The first-order valence-electron chi connectivity index (χ1n) is 6.74. The Morgan fingerprint density at radius 1 is 1.27 bits per heavy atom. The fourth-order valence-electron chi connectivity index (χ4n) is 2.32. The van der Waals surface area contributed by atoms with Gasteiger partial charge in [-0.25, -0.2) is 14.4 Å². The van der Waals surface area contributed by atoms with Crippen LogP contribution in [0.2, 0.25) is 0 Å². The molecule has 0 spiro atoms. The number of hydrogen-bond acceptors (Lipinski definition) is 4. The predicted octanol–water partition coefficient (Wildman–Crippen LogP) is 3.24. The Labute approximate surface area is 140 Å². The lowest BCUT2D eigenvalue weighted by molar-refractivity contribution is 0.172. The third-order valence-electron chi connectivity index (χ3n) is 3.40. The Morgan fingerprint density at radius 3 is 2.68 bits per heavy atom. The molecule has 1 aromatic carbocycles. The second-order valence-corrected chi connectivity index (χ2v) is 6.18. The number of aliphatic hydroxyl groups is 1. The van der Waals surface area contributed by atoms with Crippen LogP contribution in [-0.4, -0.2) is 26.2 Å². The molecule has 3 rings (SSSR count). The molecule has 0 fully saturated rings. The summed E-state index contributed by atoms with van der Waals surface area (Å²) in [6.45, 7) is 1.68. The number of rotatable bonds is 4. The average Bonchev–Trinajstić information content (AvgIpc) is 2.86. The zero-order valence-corrected chi connectivity index (χ0v) is 13.9. The number of hydrogen-bond donors (Lipinski definition) is 3. The number of aliphatic hydroxyl groups excluding tert-OH is 1. The van der Waals surface area contributed by atoms with Gasteiger partial charge in [0.25, 0.3) is 0 Å². The van der Waals surface area contributed by atoms with Crippen molar-refractivity contribution in [2.75, 3.05) is 5.32 Å². The highest BCUT2D eigenvalue weighted by Gasteiger charge is 2.19. The number of halogens is 2. The van der Waals surface area contributed by atoms with Crippen molar-refractivity contribution in [3.05, 3.63) is 51.7 Å². The van der Waals surface area contributed by atoms with Crippen molar-refractivity contribution in [1.82, 2.24) is 15.0 Å². The van der Waals surface area contributed by atoms with Gasteiger partial charge in [0.1, 0.15) is 23.6 Å². The molecular formula is C15H14FIN4O. The van der Waals surface area contributed by atoms with Crippen LogP contribution in [-0.2, 0) is 0 Å². The van der Waals surface area contributed by atoms with Gasteiger partial charge < -0.3 is 15.4 Å². The van der Waals surface area contributed by atoms with Crippen LogP contribution in [0.5, 0.6) is 0 Å². The van der Waals surface area contributed by atoms with E-state index in [4.69, 9.17) is 0 Å². The first-order valence-corrected chi connectivity index (χ1v) is 7.82. The van der Waals surface area contributed by atoms with Gasteiger partial charge in [0.15, 0.2) is 0 Å². The molecule has 0 bridgehead atoms. The van der Waals surface area contributed by atoms with Crippen molar-refractivity contribution in [3.8, 4) is 0 Å². The normalized spacial score (nSPS) is 14.0. The molecule has 0 saturated heterocycles. The fourth-order valence-corrected chi connectivity index (χ4v) is 2.89. The summed E-state index contributed by atoms with van der Waals surface area (Å²) in [7, 11) is 0. The van der Waals surface area contributed by atoms with Crippen molar-refractivity contribution in [1.29, 1.82) is 0 Å². The van der Waals surface area contributed by atoms with Crippen molar-refractivity contribution in [2.45, 2.75) is 19.1 Å². The molecule has 1 unspecified atom stereocenters. The topological polar surface area (TPSA) is 73.8 Å². The van der Waals surface area contributed by atoms with Crippen LogP contribution in [0.15, 0.2) is 36.7 Å². The average molecular weight is 412 g/mol. The highest BCUT2D eigenvalue weighted by molar-refractivity contribution is 14.1. The van der Waals surface area contributed by atoms with E-state index < -0.39 is 12.1 Å². The molecule has 2 aromatic heterocycles. The van der Waals surface area contributed by atoms with E-state index in [2.05, 4.69) is 42.9 Å². The second kappa shape index (κ2) is 6.17. The highest BCUT2D eigenvalue weighted by atomic mass is 127. The van der Waals surface area contributed by atoms with Crippen molar-refractivity contribution < 1.29 is 9.50 Å². The van der Waals surface area contributed by atoms with E-state index in [0.29, 0.717) is 5.82 Å². The fraction of sp³-hybridized carbons (Fsp3) is 0.200. The van der Waals surface area contributed by atoms with Crippen LogP contribution in [0.1, 0.15) is 18.5 Å². The predicted molar refractivity (Wildman–Crippen MR) is 91.1 cm³/mol. The second-order valence-electron chi connectivity index (χ2n) is 5.02. The number of aromatic nitrogens is 3. The first-order chi connectivity index (χ1) is 10.5. The van der Waals surface area contributed by atoms with E-state index in [1.807, 2.05) is 6.07 Å². The number of anilines is 1. The van der Waals surface area contributed by atoms with Gasteiger partial charge in [-0.1, -0.05) is 12.1 Å². The van der Waals surface area contributed by atoms with Gasteiger partial charge in [0.2, 0.25) is 0 Å². The van der Waals surface area contributed by atoms with Crippen LogP contribution in [0.3, 0.4) is 0 Å². The first kappa shape index (κ1) is 15.2. The highest BCUT2D eigenvalue weighted by Crippen LogP contribution is 2.27. The van der Waals surface area contributed by atoms with Crippen molar-refractivity contribution in [2.24, 2.45) is 0 Å². The molecule has 3 N–H and O–H groups in total. The summed E-state index contributed by atoms with van der Waals surface area (Å²) in [6.07, 6.45) is 0.787. The maximum atomic E-state index is 13.1. The molecule has 7 heteroatoms. The molecule has 22 heavy (non-hydrogen) atoms. The van der Waals surface area contributed by atoms with E-state index in [0.717, 1.165) is 20.3 Å². The van der Waals surface area contributed by atoms with E-state index in [-0.39, 0.29) is 5.82 Å². The smallest absolute Gasteiger partial charge is 0.143 e. The van der Waals surface area contributed by atoms with Gasteiger partial charge >= 0.3 is 0 Å². The summed E-state index contributed by atoms with van der Waals surface area (Å²) in [5.41, 5.74) is 1.51. The molecule has 5 nitrogen and oxygen atoms in total. The zero-order chi connectivity index (χ0) is 15.7. The minimum absolute atomic E-state index is 0.308. The standard InChI is InChI=1S/C15H14FIN4O/c1-8(22)13(9-2-4-10(16)5-3-9)21-15-11-6-12(17)20-14(11)18-7-19-15/h2-8,13,22H,1H3,(H2,18,19,20,21)/t8?,13-/m1/s1. The number of nitrogens with one attached hydrogen (secondary N) is 2. The van der Waals surface area contributed by atoms with Crippen LogP contribution < -0.4 is 5.32 Å². The minimum Gasteiger partial charge on any atom is -0.391 e. The summed E-state index contributed by atoms with van der Waals surface area (Å²) >= 11 is 2.17. The summed E-state index contributed by atoms with van der Waals surface area (Å²) in [4.78, 5) is 11.6. The lowest BCUT2D eigenvalue weighted by Gasteiger charge is -2.22. The monoisotopic (exact) mass is 412 g/mol. The number of H-pyrrole nitrogens is 1. The Kier molecular flexibility index (Phi) is 4.25. The molecule has 0 saturated carbocycles. The molecule has 3 aromatic rings. The van der Waals surface area contributed by atoms with Gasteiger partial charge in [0, 0.05) is 0 Å². The van der Waals surface area contributed by atoms with E-state index >= 15 is 0 Å². The quantitative estimate of drug-likeness (QED) is 0.576. The Hall–Kier alpha value is -1.74. The Morgan fingerprint density at radius 2 is 2.00 bits per heavy atom. The van der Waals surface area contributed by atoms with Crippen LogP contribution in [0.25, 0.3) is 11.0 Å².